The second-order valence-electron chi connectivity index (χ2n) is 6.79. The van der Waals surface area contributed by atoms with E-state index >= 15 is 0 Å². The Morgan fingerprint density at radius 1 is 0.655 bits per heavy atom. The molecule has 4 aromatic rings. The lowest BCUT2D eigenvalue weighted by Gasteiger charge is -2.08. The van der Waals surface area contributed by atoms with Gasteiger partial charge in [0, 0.05) is 28.3 Å². The van der Waals surface area contributed by atoms with Crippen molar-refractivity contribution in [3.05, 3.63) is 108 Å². The number of fused-ring (bicyclic) bond motifs is 1. The number of nitrogens with one attached hydrogen (secondary N) is 1. The Bertz CT molecular complexity index is 1170. The van der Waals surface area contributed by atoms with Crippen LogP contribution in [-0.2, 0) is 0 Å². The van der Waals surface area contributed by atoms with Crippen molar-refractivity contribution in [2.75, 3.05) is 0 Å². The van der Waals surface area contributed by atoms with Crippen LogP contribution in [-0.4, -0.2) is 15.9 Å². The maximum absolute atomic E-state index is 12.3. The van der Waals surface area contributed by atoms with Crippen molar-refractivity contribution < 1.29 is 4.79 Å². The van der Waals surface area contributed by atoms with E-state index in [1.165, 1.54) is 0 Å². The lowest BCUT2D eigenvalue weighted by molar-refractivity contribution is 0.0981. The number of aromatic nitrogens is 2. The van der Waals surface area contributed by atoms with Gasteiger partial charge in [0.15, 0.2) is 5.82 Å². The van der Waals surface area contributed by atoms with Crippen molar-refractivity contribution >= 4 is 17.7 Å². The first kappa shape index (κ1) is 17.1. The van der Waals surface area contributed by atoms with Crippen LogP contribution in [0.15, 0.2) is 91.0 Å². The van der Waals surface area contributed by atoms with E-state index in [0.717, 1.165) is 33.8 Å². The zero-order chi connectivity index (χ0) is 19.6. The fraction of sp³-hybridized carbons (Fsp3) is 0. The molecule has 29 heavy (non-hydrogen) atoms. The van der Waals surface area contributed by atoms with E-state index in [2.05, 4.69) is 5.32 Å². The summed E-state index contributed by atoms with van der Waals surface area (Å²) in [4.78, 5) is 21.8. The Morgan fingerprint density at radius 3 is 1.76 bits per heavy atom. The van der Waals surface area contributed by atoms with Gasteiger partial charge < -0.3 is 5.32 Å². The summed E-state index contributed by atoms with van der Waals surface area (Å²) in [6.45, 7) is 0. The van der Waals surface area contributed by atoms with Crippen LogP contribution in [0, 0.1) is 0 Å². The smallest absolute Gasteiger partial charge is 0.256 e. The second kappa shape index (κ2) is 7.17. The average Bonchev–Trinajstić information content (AvgIpc) is 3.10. The minimum absolute atomic E-state index is 0.102. The van der Waals surface area contributed by atoms with E-state index in [9.17, 15) is 4.79 Å². The lowest BCUT2D eigenvalue weighted by atomic mass is 10.1. The van der Waals surface area contributed by atoms with Crippen molar-refractivity contribution in [3.8, 4) is 22.5 Å². The number of carbonyl (C=O) groups excluding carboxylic acids is 1. The largest absolute Gasteiger partial charge is 0.321 e. The molecule has 0 fully saturated rings. The molecule has 0 aliphatic carbocycles. The molecule has 4 nitrogen and oxygen atoms in total. The van der Waals surface area contributed by atoms with Gasteiger partial charge in [-0.3, -0.25) is 4.79 Å². The van der Waals surface area contributed by atoms with Crippen LogP contribution in [0.3, 0.4) is 0 Å². The van der Waals surface area contributed by atoms with Crippen molar-refractivity contribution in [2.24, 2.45) is 0 Å². The molecule has 138 valence electrons. The highest BCUT2D eigenvalue weighted by Gasteiger charge is 2.23. The Kier molecular flexibility index (Phi) is 4.22. The van der Waals surface area contributed by atoms with Crippen molar-refractivity contribution in [1.82, 2.24) is 15.3 Å². The zero-order valence-electron chi connectivity index (χ0n) is 15.5. The van der Waals surface area contributed by atoms with Crippen LogP contribution in [0.4, 0.5) is 0 Å². The van der Waals surface area contributed by atoms with E-state index in [1.807, 2.05) is 97.1 Å². The third-order valence-corrected chi connectivity index (χ3v) is 4.87. The summed E-state index contributed by atoms with van der Waals surface area (Å²) in [5, 5.41) is 2.93. The quantitative estimate of drug-likeness (QED) is 0.545. The van der Waals surface area contributed by atoms with Gasteiger partial charge in [-0.2, -0.15) is 0 Å². The summed E-state index contributed by atoms with van der Waals surface area (Å²) in [6, 6.07) is 29.6. The maximum atomic E-state index is 12.3. The van der Waals surface area contributed by atoms with Crippen LogP contribution in [0.5, 0.6) is 0 Å². The predicted molar refractivity (Wildman–Crippen MR) is 115 cm³/mol. The molecular weight excluding hydrogens is 358 g/mol. The third-order valence-electron chi connectivity index (χ3n) is 4.87. The minimum Gasteiger partial charge on any atom is -0.321 e. The number of nitrogens with zero attached hydrogens (tertiary/aromatic N) is 2. The number of hydrogen-bond acceptors (Lipinski definition) is 3. The van der Waals surface area contributed by atoms with E-state index in [-0.39, 0.29) is 5.91 Å². The van der Waals surface area contributed by atoms with Gasteiger partial charge in [0.05, 0.1) is 17.1 Å². The number of hydrogen-bond donors (Lipinski definition) is 1. The molecule has 2 heterocycles. The highest BCUT2D eigenvalue weighted by Crippen LogP contribution is 2.28. The number of amides is 1. The molecule has 1 amide bonds. The topological polar surface area (TPSA) is 54.9 Å². The van der Waals surface area contributed by atoms with E-state index in [4.69, 9.17) is 9.97 Å². The van der Waals surface area contributed by atoms with Gasteiger partial charge in [-0.15, -0.1) is 0 Å². The molecule has 0 saturated carbocycles. The van der Waals surface area contributed by atoms with Crippen LogP contribution in [0.25, 0.3) is 34.3 Å². The van der Waals surface area contributed by atoms with Gasteiger partial charge in [0.2, 0.25) is 0 Å². The second-order valence-corrected chi connectivity index (χ2v) is 6.79. The molecule has 4 heteroatoms. The molecule has 0 spiro atoms. The highest BCUT2D eigenvalue weighted by molar-refractivity contribution is 6.11. The van der Waals surface area contributed by atoms with Crippen molar-refractivity contribution in [2.45, 2.75) is 0 Å². The van der Waals surface area contributed by atoms with Crippen LogP contribution >= 0.6 is 0 Å². The van der Waals surface area contributed by atoms with Crippen LogP contribution in [0.1, 0.15) is 21.7 Å². The maximum Gasteiger partial charge on any atom is 0.256 e. The molecule has 1 aromatic heterocycles. The monoisotopic (exact) mass is 375 g/mol. The van der Waals surface area contributed by atoms with E-state index in [1.54, 1.807) is 0 Å². The molecule has 1 aliphatic rings. The number of carbonyl (C=O) groups is 1. The summed E-state index contributed by atoms with van der Waals surface area (Å²) in [5.74, 6) is 0.451. The van der Waals surface area contributed by atoms with Crippen LogP contribution in [0.2, 0.25) is 0 Å². The third kappa shape index (κ3) is 3.32. The first-order valence-corrected chi connectivity index (χ1v) is 9.40. The summed E-state index contributed by atoms with van der Waals surface area (Å²) in [5.41, 5.74) is 5.96. The first-order valence-electron chi connectivity index (χ1n) is 9.40. The van der Waals surface area contributed by atoms with E-state index in [0.29, 0.717) is 11.4 Å². The zero-order valence-corrected chi connectivity index (χ0v) is 15.5. The predicted octanol–water partition coefficient (Wildman–Crippen LogP) is 5.05. The molecule has 1 aliphatic heterocycles. The average molecular weight is 375 g/mol. The van der Waals surface area contributed by atoms with Gasteiger partial charge in [-0.05, 0) is 12.1 Å². The van der Waals surface area contributed by atoms with Crippen LogP contribution < -0.4 is 5.32 Å². The fourth-order valence-electron chi connectivity index (χ4n) is 3.46. The molecule has 0 unspecified atom stereocenters. The molecule has 3 aromatic carbocycles. The molecule has 0 radical (unpaired) electrons. The highest BCUT2D eigenvalue weighted by atomic mass is 16.1. The minimum atomic E-state index is -0.102. The van der Waals surface area contributed by atoms with E-state index < -0.39 is 0 Å². The summed E-state index contributed by atoms with van der Waals surface area (Å²) in [7, 11) is 0. The molecule has 1 N–H and O–H groups in total. The van der Waals surface area contributed by atoms with Gasteiger partial charge >= 0.3 is 0 Å². The fourth-order valence-corrected chi connectivity index (χ4v) is 3.46. The first-order chi connectivity index (χ1) is 14.3. The van der Waals surface area contributed by atoms with Gasteiger partial charge in [0.25, 0.3) is 5.91 Å². The number of benzene rings is 3. The number of rotatable bonds is 3. The van der Waals surface area contributed by atoms with Gasteiger partial charge in [0.1, 0.15) is 0 Å². The Balaban J connectivity index is 1.66. The SMILES string of the molecule is O=C1N/C(=C\c2nc(-c3ccccc3)cc(-c3ccccc3)n2)c2ccccc21. The normalized spacial score (nSPS) is 13.9. The van der Waals surface area contributed by atoms with Crippen molar-refractivity contribution in [3.63, 3.8) is 0 Å². The molecule has 5 rings (SSSR count). The Morgan fingerprint density at radius 2 is 1.17 bits per heavy atom. The molecule has 0 atom stereocenters. The molecule has 0 saturated heterocycles. The molecular formula is C25H17N3O. The summed E-state index contributed by atoms with van der Waals surface area (Å²) < 4.78 is 0. The standard InChI is InChI=1S/C25H17N3O/c29-25-20-14-8-7-13-19(20)23(28-25)16-24-26-21(17-9-3-1-4-10-17)15-22(27-24)18-11-5-2-6-12-18/h1-16H,(H,28,29)/b23-16-. The Hall–Kier alpha value is -4.05. The molecule has 0 bridgehead atoms. The van der Waals surface area contributed by atoms with Gasteiger partial charge in [-0.25, -0.2) is 9.97 Å². The Labute approximate surface area is 168 Å². The summed E-state index contributed by atoms with van der Waals surface area (Å²) in [6.07, 6.45) is 1.84. The summed E-state index contributed by atoms with van der Waals surface area (Å²) >= 11 is 0. The lowest BCUT2D eigenvalue weighted by Crippen LogP contribution is -2.12. The van der Waals surface area contributed by atoms with Gasteiger partial charge in [-0.1, -0.05) is 78.9 Å². The van der Waals surface area contributed by atoms with Crippen molar-refractivity contribution in [1.29, 1.82) is 0 Å².